The summed E-state index contributed by atoms with van der Waals surface area (Å²) in [4.78, 5) is 13.0. The maximum atomic E-state index is 11.8. The minimum Gasteiger partial charge on any atom is -0.376 e. The van der Waals surface area contributed by atoms with E-state index in [2.05, 4.69) is 10.6 Å². The van der Waals surface area contributed by atoms with Crippen molar-refractivity contribution >= 4 is 29.0 Å². The van der Waals surface area contributed by atoms with Crippen LogP contribution in [0.1, 0.15) is 5.56 Å². The van der Waals surface area contributed by atoms with Gasteiger partial charge in [-0.15, -0.1) is 11.8 Å². The van der Waals surface area contributed by atoms with Crippen LogP contribution in [0, 0.1) is 6.92 Å². The molecule has 4 heteroatoms. The van der Waals surface area contributed by atoms with Crippen molar-refractivity contribution in [2.45, 2.75) is 11.8 Å². The predicted octanol–water partition coefficient (Wildman–Crippen LogP) is 3.77. The highest BCUT2D eigenvalue weighted by molar-refractivity contribution is 7.98. The van der Waals surface area contributed by atoms with Crippen molar-refractivity contribution in [3.05, 3.63) is 54.1 Å². The Morgan fingerprint density at radius 3 is 2.55 bits per heavy atom. The van der Waals surface area contributed by atoms with Gasteiger partial charge in [0.05, 0.1) is 6.54 Å². The molecule has 0 aliphatic rings. The van der Waals surface area contributed by atoms with Gasteiger partial charge in [0.15, 0.2) is 0 Å². The molecule has 0 aliphatic carbocycles. The number of rotatable bonds is 5. The van der Waals surface area contributed by atoms with E-state index in [0.717, 1.165) is 11.4 Å². The Morgan fingerprint density at radius 2 is 1.85 bits per heavy atom. The van der Waals surface area contributed by atoms with Crippen molar-refractivity contribution in [3.63, 3.8) is 0 Å². The molecule has 2 aromatic carbocycles. The molecule has 2 aromatic rings. The standard InChI is InChI=1S/C16H18N2OS/c1-12-6-8-13(9-7-12)18-16(19)11-17-14-4-3-5-15(10-14)20-2/h3-10,17H,11H2,1-2H3,(H,18,19). The molecule has 0 unspecified atom stereocenters. The Kier molecular flexibility index (Phi) is 5.07. The number of hydrogen-bond acceptors (Lipinski definition) is 3. The molecule has 1 amide bonds. The lowest BCUT2D eigenvalue weighted by molar-refractivity contribution is -0.114. The van der Waals surface area contributed by atoms with Crippen LogP contribution in [0.4, 0.5) is 11.4 Å². The van der Waals surface area contributed by atoms with Gasteiger partial charge in [0.25, 0.3) is 0 Å². The number of aryl methyl sites for hydroxylation is 1. The fraction of sp³-hybridized carbons (Fsp3) is 0.188. The zero-order valence-corrected chi connectivity index (χ0v) is 12.5. The number of carbonyl (C=O) groups excluding carboxylic acids is 1. The first-order chi connectivity index (χ1) is 9.67. The van der Waals surface area contributed by atoms with Crippen LogP contribution in [0.3, 0.4) is 0 Å². The molecular formula is C16H18N2OS. The lowest BCUT2D eigenvalue weighted by Gasteiger charge is -2.09. The second kappa shape index (κ2) is 7.01. The Labute approximate surface area is 123 Å². The summed E-state index contributed by atoms with van der Waals surface area (Å²) in [6, 6.07) is 15.8. The van der Waals surface area contributed by atoms with Gasteiger partial charge in [-0.1, -0.05) is 23.8 Å². The maximum absolute atomic E-state index is 11.8. The van der Waals surface area contributed by atoms with E-state index in [-0.39, 0.29) is 12.5 Å². The number of carbonyl (C=O) groups is 1. The second-order valence-electron chi connectivity index (χ2n) is 4.50. The van der Waals surface area contributed by atoms with Gasteiger partial charge < -0.3 is 10.6 Å². The summed E-state index contributed by atoms with van der Waals surface area (Å²) in [6.45, 7) is 2.28. The molecule has 0 saturated heterocycles. The lowest BCUT2D eigenvalue weighted by Crippen LogP contribution is -2.21. The van der Waals surface area contributed by atoms with E-state index >= 15 is 0 Å². The van der Waals surface area contributed by atoms with Gasteiger partial charge >= 0.3 is 0 Å². The van der Waals surface area contributed by atoms with Crippen molar-refractivity contribution in [1.82, 2.24) is 0 Å². The topological polar surface area (TPSA) is 41.1 Å². The van der Waals surface area contributed by atoms with Gasteiger partial charge in [-0.05, 0) is 43.5 Å². The van der Waals surface area contributed by atoms with Gasteiger partial charge in [-0.25, -0.2) is 0 Å². The van der Waals surface area contributed by atoms with Crippen LogP contribution in [0.25, 0.3) is 0 Å². The molecule has 0 saturated carbocycles. The number of benzene rings is 2. The van der Waals surface area contributed by atoms with Crippen molar-refractivity contribution in [1.29, 1.82) is 0 Å². The van der Waals surface area contributed by atoms with E-state index in [1.54, 1.807) is 11.8 Å². The quantitative estimate of drug-likeness (QED) is 0.822. The smallest absolute Gasteiger partial charge is 0.243 e. The summed E-state index contributed by atoms with van der Waals surface area (Å²) < 4.78 is 0. The van der Waals surface area contributed by atoms with E-state index in [9.17, 15) is 4.79 Å². The fourth-order valence-electron chi connectivity index (χ4n) is 1.76. The first-order valence-corrected chi connectivity index (χ1v) is 7.64. The first kappa shape index (κ1) is 14.5. The summed E-state index contributed by atoms with van der Waals surface area (Å²) in [5.74, 6) is -0.0524. The Balaban J connectivity index is 1.87. The van der Waals surface area contributed by atoms with Crippen LogP contribution >= 0.6 is 11.8 Å². The second-order valence-corrected chi connectivity index (χ2v) is 5.38. The monoisotopic (exact) mass is 286 g/mol. The molecule has 104 valence electrons. The summed E-state index contributed by atoms with van der Waals surface area (Å²) in [5.41, 5.74) is 2.95. The Morgan fingerprint density at radius 1 is 1.10 bits per heavy atom. The third kappa shape index (κ3) is 4.31. The molecule has 0 spiro atoms. The summed E-state index contributed by atoms with van der Waals surface area (Å²) in [5, 5.41) is 5.99. The van der Waals surface area contributed by atoms with Crippen LogP contribution in [-0.4, -0.2) is 18.7 Å². The third-order valence-corrected chi connectivity index (χ3v) is 3.58. The minimum absolute atomic E-state index is 0.0524. The van der Waals surface area contributed by atoms with E-state index in [0.29, 0.717) is 0 Å². The molecule has 0 fully saturated rings. The highest BCUT2D eigenvalue weighted by atomic mass is 32.2. The van der Waals surface area contributed by atoms with Crippen LogP contribution in [-0.2, 0) is 4.79 Å². The van der Waals surface area contributed by atoms with Crippen molar-refractivity contribution in [2.24, 2.45) is 0 Å². The van der Waals surface area contributed by atoms with Gasteiger partial charge in [-0.2, -0.15) is 0 Å². The van der Waals surface area contributed by atoms with E-state index in [4.69, 9.17) is 0 Å². The first-order valence-electron chi connectivity index (χ1n) is 6.42. The van der Waals surface area contributed by atoms with E-state index in [1.807, 2.05) is 61.7 Å². The van der Waals surface area contributed by atoms with Crippen molar-refractivity contribution in [2.75, 3.05) is 23.4 Å². The average molecular weight is 286 g/mol. The highest BCUT2D eigenvalue weighted by Gasteiger charge is 2.02. The van der Waals surface area contributed by atoms with Crippen LogP contribution in [0.2, 0.25) is 0 Å². The minimum atomic E-state index is -0.0524. The molecule has 20 heavy (non-hydrogen) atoms. The summed E-state index contributed by atoms with van der Waals surface area (Å²) in [6.07, 6.45) is 2.03. The fourth-order valence-corrected chi connectivity index (χ4v) is 2.22. The zero-order valence-electron chi connectivity index (χ0n) is 11.6. The molecule has 3 nitrogen and oxygen atoms in total. The van der Waals surface area contributed by atoms with E-state index < -0.39 is 0 Å². The van der Waals surface area contributed by atoms with Gasteiger partial charge in [0, 0.05) is 16.3 Å². The maximum Gasteiger partial charge on any atom is 0.243 e. The van der Waals surface area contributed by atoms with Crippen molar-refractivity contribution in [3.8, 4) is 0 Å². The number of nitrogens with one attached hydrogen (secondary N) is 2. The molecule has 2 rings (SSSR count). The number of anilines is 2. The van der Waals surface area contributed by atoms with Crippen LogP contribution in [0.5, 0.6) is 0 Å². The van der Waals surface area contributed by atoms with Gasteiger partial charge in [-0.3, -0.25) is 4.79 Å². The van der Waals surface area contributed by atoms with E-state index in [1.165, 1.54) is 10.5 Å². The summed E-state index contributed by atoms with van der Waals surface area (Å²) >= 11 is 1.68. The molecule has 0 bridgehead atoms. The Bertz CT molecular complexity index is 581. The van der Waals surface area contributed by atoms with Gasteiger partial charge in [0.2, 0.25) is 5.91 Å². The van der Waals surface area contributed by atoms with Crippen molar-refractivity contribution < 1.29 is 4.79 Å². The largest absolute Gasteiger partial charge is 0.376 e. The molecule has 0 aliphatic heterocycles. The van der Waals surface area contributed by atoms with Crippen LogP contribution < -0.4 is 10.6 Å². The number of amides is 1. The Hall–Kier alpha value is -1.94. The summed E-state index contributed by atoms with van der Waals surface area (Å²) in [7, 11) is 0. The normalized spacial score (nSPS) is 10.1. The molecule has 0 heterocycles. The molecule has 0 atom stereocenters. The molecular weight excluding hydrogens is 268 g/mol. The van der Waals surface area contributed by atoms with Gasteiger partial charge in [0.1, 0.15) is 0 Å². The molecule has 0 radical (unpaired) electrons. The number of hydrogen-bond donors (Lipinski definition) is 2. The SMILES string of the molecule is CSc1cccc(NCC(=O)Nc2ccc(C)cc2)c1. The zero-order chi connectivity index (χ0) is 14.4. The highest BCUT2D eigenvalue weighted by Crippen LogP contribution is 2.18. The van der Waals surface area contributed by atoms with Crippen LogP contribution in [0.15, 0.2) is 53.4 Å². The predicted molar refractivity (Wildman–Crippen MR) is 86.5 cm³/mol. The number of thioether (sulfide) groups is 1. The third-order valence-electron chi connectivity index (χ3n) is 2.86. The average Bonchev–Trinajstić information content (AvgIpc) is 2.48. The lowest BCUT2D eigenvalue weighted by atomic mass is 10.2. The molecule has 2 N–H and O–H groups in total. The molecule has 0 aromatic heterocycles.